The molecule has 1 aromatic heterocycles. The van der Waals surface area contributed by atoms with E-state index in [-0.39, 0.29) is 12.3 Å². The zero-order valence-corrected chi connectivity index (χ0v) is 19.0. The van der Waals surface area contributed by atoms with Crippen LogP contribution in [-0.2, 0) is 24.1 Å². The number of amides is 1. The highest BCUT2D eigenvalue weighted by Crippen LogP contribution is 2.35. The van der Waals surface area contributed by atoms with Crippen molar-refractivity contribution in [3.05, 3.63) is 107 Å². The second-order valence-electron chi connectivity index (χ2n) is 8.23. The lowest BCUT2D eigenvalue weighted by molar-refractivity contribution is -0.115. The first kappa shape index (κ1) is 21.6. The van der Waals surface area contributed by atoms with E-state index in [1.807, 2.05) is 84.9 Å². The second kappa shape index (κ2) is 9.71. The highest BCUT2D eigenvalue weighted by atomic mass is 16.5. The Labute approximate surface area is 199 Å². The lowest BCUT2D eigenvalue weighted by Crippen LogP contribution is -2.19. The fraction of sp³-hybridized carbons (Fsp3) is 0.138. The van der Waals surface area contributed by atoms with Gasteiger partial charge in [-0.15, -0.1) is 0 Å². The molecule has 0 aliphatic heterocycles. The van der Waals surface area contributed by atoms with Gasteiger partial charge in [0.2, 0.25) is 5.91 Å². The molecule has 1 N–H and O–H groups in total. The van der Waals surface area contributed by atoms with Crippen molar-refractivity contribution >= 4 is 23.9 Å². The standard InChI is InChI=1S/C29H25N3O2/c1-34-23-14-15-24-22(19-23)13-17-25-28(24)30-26(16-12-20-8-4-2-5-9-20)29(31-25)32-27(33)18-21-10-6-3-7-11-21/h2-12,14-16,19H,13,17-18H2,1H3,(H,31,32,33)/b16-12+. The van der Waals surface area contributed by atoms with Gasteiger partial charge in [-0.1, -0.05) is 66.7 Å². The number of aryl methyl sites for hydroxylation is 2. The highest BCUT2D eigenvalue weighted by molar-refractivity contribution is 5.93. The summed E-state index contributed by atoms with van der Waals surface area (Å²) in [7, 11) is 1.68. The van der Waals surface area contributed by atoms with E-state index in [1.54, 1.807) is 7.11 Å². The van der Waals surface area contributed by atoms with Crippen molar-refractivity contribution in [1.82, 2.24) is 9.97 Å². The number of methoxy groups -OCH3 is 1. The van der Waals surface area contributed by atoms with Crippen molar-refractivity contribution in [2.75, 3.05) is 12.4 Å². The Bertz CT molecular complexity index is 1350. The van der Waals surface area contributed by atoms with Gasteiger partial charge in [-0.2, -0.15) is 0 Å². The number of fused-ring (bicyclic) bond motifs is 3. The van der Waals surface area contributed by atoms with E-state index in [4.69, 9.17) is 14.7 Å². The predicted molar refractivity (Wildman–Crippen MR) is 136 cm³/mol. The lowest BCUT2D eigenvalue weighted by Gasteiger charge is -2.21. The molecular formula is C29H25N3O2. The summed E-state index contributed by atoms with van der Waals surface area (Å²) in [6, 6.07) is 25.8. The fourth-order valence-electron chi connectivity index (χ4n) is 4.17. The molecule has 0 spiro atoms. The number of carbonyl (C=O) groups excluding carboxylic acids is 1. The van der Waals surface area contributed by atoms with E-state index in [0.717, 1.165) is 46.7 Å². The van der Waals surface area contributed by atoms with Crippen LogP contribution >= 0.6 is 0 Å². The number of anilines is 1. The molecule has 0 saturated carbocycles. The minimum Gasteiger partial charge on any atom is -0.497 e. The van der Waals surface area contributed by atoms with Gasteiger partial charge in [-0.3, -0.25) is 4.79 Å². The largest absolute Gasteiger partial charge is 0.497 e. The van der Waals surface area contributed by atoms with Gasteiger partial charge in [-0.25, -0.2) is 9.97 Å². The van der Waals surface area contributed by atoms with Gasteiger partial charge >= 0.3 is 0 Å². The summed E-state index contributed by atoms with van der Waals surface area (Å²) in [4.78, 5) is 22.7. The molecule has 0 saturated heterocycles. The van der Waals surface area contributed by atoms with Crippen LogP contribution < -0.4 is 10.1 Å². The van der Waals surface area contributed by atoms with Crippen LogP contribution in [-0.4, -0.2) is 23.0 Å². The fourth-order valence-corrected chi connectivity index (χ4v) is 4.17. The van der Waals surface area contributed by atoms with Gasteiger partial charge < -0.3 is 10.1 Å². The average molecular weight is 448 g/mol. The van der Waals surface area contributed by atoms with Crippen LogP contribution in [0.25, 0.3) is 23.4 Å². The molecule has 5 rings (SSSR count). The first-order valence-corrected chi connectivity index (χ1v) is 11.3. The minimum atomic E-state index is -0.115. The first-order valence-electron chi connectivity index (χ1n) is 11.3. The zero-order chi connectivity index (χ0) is 23.3. The summed E-state index contributed by atoms with van der Waals surface area (Å²) in [5.41, 5.74) is 6.64. The van der Waals surface area contributed by atoms with Gasteiger partial charge in [-0.05, 0) is 53.8 Å². The maximum Gasteiger partial charge on any atom is 0.230 e. The molecule has 34 heavy (non-hydrogen) atoms. The molecule has 1 aliphatic carbocycles. The molecule has 1 heterocycles. The van der Waals surface area contributed by atoms with E-state index < -0.39 is 0 Å². The van der Waals surface area contributed by atoms with E-state index >= 15 is 0 Å². The highest BCUT2D eigenvalue weighted by Gasteiger charge is 2.22. The summed E-state index contributed by atoms with van der Waals surface area (Å²) in [5.74, 6) is 1.21. The Morgan fingerprint density at radius 3 is 2.47 bits per heavy atom. The summed E-state index contributed by atoms with van der Waals surface area (Å²) in [6.07, 6.45) is 5.79. The van der Waals surface area contributed by atoms with Crippen molar-refractivity contribution in [1.29, 1.82) is 0 Å². The molecule has 3 aromatic carbocycles. The number of nitrogens with one attached hydrogen (secondary N) is 1. The molecule has 0 unspecified atom stereocenters. The summed E-state index contributed by atoms with van der Waals surface area (Å²) >= 11 is 0. The summed E-state index contributed by atoms with van der Waals surface area (Å²) in [5, 5.41) is 3.00. The molecular weight excluding hydrogens is 422 g/mol. The molecule has 1 amide bonds. The second-order valence-corrected chi connectivity index (χ2v) is 8.23. The normalized spacial score (nSPS) is 12.1. The van der Waals surface area contributed by atoms with Gasteiger partial charge in [0.25, 0.3) is 0 Å². The van der Waals surface area contributed by atoms with Gasteiger partial charge in [0.15, 0.2) is 5.82 Å². The molecule has 0 atom stereocenters. The molecule has 1 aliphatic rings. The topological polar surface area (TPSA) is 64.1 Å². The molecule has 4 aromatic rings. The van der Waals surface area contributed by atoms with Crippen LogP contribution in [0.5, 0.6) is 5.75 Å². The Hall–Kier alpha value is -4.25. The third-order valence-electron chi connectivity index (χ3n) is 5.89. The maximum atomic E-state index is 12.8. The zero-order valence-electron chi connectivity index (χ0n) is 19.0. The number of rotatable bonds is 6. The monoisotopic (exact) mass is 447 g/mol. The molecule has 5 heteroatoms. The smallest absolute Gasteiger partial charge is 0.230 e. The van der Waals surface area contributed by atoms with Crippen molar-refractivity contribution < 1.29 is 9.53 Å². The quantitative estimate of drug-likeness (QED) is 0.418. The van der Waals surface area contributed by atoms with Crippen LogP contribution in [0, 0.1) is 0 Å². The number of carbonyl (C=O) groups is 1. The summed E-state index contributed by atoms with van der Waals surface area (Å²) < 4.78 is 5.40. The van der Waals surface area contributed by atoms with E-state index in [0.29, 0.717) is 11.5 Å². The molecule has 168 valence electrons. The Morgan fingerprint density at radius 2 is 1.71 bits per heavy atom. The average Bonchev–Trinajstić information content (AvgIpc) is 2.88. The predicted octanol–water partition coefficient (Wildman–Crippen LogP) is 5.60. The Morgan fingerprint density at radius 1 is 0.941 bits per heavy atom. The number of benzene rings is 3. The molecule has 0 bridgehead atoms. The SMILES string of the molecule is COc1ccc2c(c1)CCc1nc(NC(=O)Cc3ccccc3)c(/C=C/c3ccccc3)nc1-2. The molecule has 0 radical (unpaired) electrons. The van der Waals surface area contributed by atoms with Crippen LogP contribution in [0.2, 0.25) is 0 Å². The van der Waals surface area contributed by atoms with Crippen molar-refractivity contribution in [3.63, 3.8) is 0 Å². The number of ether oxygens (including phenoxy) is 1. The number of hydrogen-bond acceptors (Lipinski definition) is 4. The van der Waals surface area contributed by atoms with Crippen LogP contribution in [0.15, 0.2) is 78.9 Å². The number of hydrogen-bond donors (Lipinski definition) is 1. The first-order chi connectivity index (χ1) is 16.7. The lowest BCUT2D eigenvalue weighted by atomic mass is 9.91. The Balaban J connectivity index is 1.52. The van der Waals surface area contributed by atoms with Gasteiger partial charge in [0, 0.05) is 5.56 Å². The third kappa shape index (κ3) is 4.74. The number of nitrogens with zero attached hydrogens (tertiary/aromatic N) is 2. The number of aromatic nitrogens is 2. The van der Waals surface area contributed by atoms with E-state index in [1.165, 1.54) is 5.56 Å². The third-order valence-corrected chi connectivity index (χ3v) is 5.89. The van der Waals surface area contributed by atoms with Gasteiger partial charge in [0.1, 0.15) is 11.4 Å². The summed E-state index contributed by atoms with van der Waals surface area (Å²) in [6.45, 7) is 0. The molecule has 5 nitrogen and oxygen atoms in total. The van der Waals surface area contributed by atoms with Crippen molar-refractivity contribution in [2.24, 2.45) is 0 Å². The minimum absolute atomic E-state index is 0.115. The maximum absolute atomic E-state index is 12.8. The molecule has 0 fully saturated rings. The van der Waals surface area contributed by atoms with Crippen molar-refractivity contribution in [3.8, 4) is 17.0 Å². The van der Waals surface area contributed by atoms with Crippen LogP contribution in [0.3, 0.4) is 0 Å². The van der Waals surface area contributed by atoms with Crippen molar-refractivity contribution in [2.45, 2.75) is 19.3 Å². The van der Waals surface area contributed by atoms with Gasteiger partial charge in [0.05, 0.1) is 24.9 Å². The van der Waals surface area contributed by atoms with E-state index in [9.17, 15) is 4.79 Å². The van der Waals surface area contributed by atoms with Crippen LogP contribution in [0.1, 0.15) is 28.1 Å². The van der Waals surface area contributed by atoms with E-state index in [2.05, 4.69) is 11.4 Å². The Kier molecular flexibility index (Phi) is 6.17. The van der Waals surface area contributed by atoms with Crippen LogP contribution in [0.4, 0.5) is 5.82 Å².